The number of nitrogens with zero attached hydrogens (tertiary/aromatic N) is 2. The number of hydrogen-bond acceptors (Lipinski definition) is 9. The van der Waals surface area contributed by atoms with Gasteiger partial charge in [0.05, 0.1) is 20.0 Å². The molecule has 1 amide bonds. The zero-order valence-corrected chi connectivity index (χ0v) is 25.0. The van der Waals surface area contributed by atoms with Gasteiger partial charge >= 0.3 is 23.9 Å². The van der Waals surface area contributed by atoms with E-state index in [0.717, 1.165) is 16.2 Å². The lowest BCUT2D eigenvalue weighted by molar-refractivity contribution is -1.09. The first-order valence-corrected chi connectivity index (χ1v) is 14.1. The first-order chi connectivity index (χ1) is 20.8. The fourth-order valence-corrected chi connectivity index (χ4v) is 5.57. The highest BCUT2D eigenvalue weighted by molar-refractivity contribution is 5.88. The molecule has 1 fully saturated rings. The van der Waals surface area contributed by atoms with E-state index in [0.29, 0.717) is 0 Å². The number of hydroxylamine groups is 5. The van der Waals surface area contributed by atoms with E-state index in [1.165, 1.54) is 14.0 Å². The van der Waals surface area contributed by atoms with Crippen molar-refractivity contribution in [2.45, 2.75) is 63.2 Å². The Bertz CT molecular complexity index is 1330. The van der Waals surface area contributed by atoms with Crippen molar-refractivity contribution in [2.24, 2.45) is 0 Å². The van der Waals surface area contributed by atoms with Crippen LogP contribution in [0.5, 0.6) is 0 Å². The Balaban J connectivity index is 1.93. The van der Waals surface area contributed by atoms with Gasteiger partial charge in [-0.2, -0.15) is 0 Å². The van der Waals surface area contributed by atoms with Gasteiger partial charge in [0.1, 0.15) is 26.2 Å². The molecule has 238 valence electrons. The number of aliphatic hydroxyl groups is 1. The van der Waals surface area contributed by atoms with E-state index in [-0.39, 0.29) is 49.6 Å². The zero-order valence-electron chi connectivity index (χ0n) is 25.0. The van der Waals surface area contributed by atoms with E-state index in [4.69, 9.17) is 19.5 Å². The number of hydrogen-bond donors (Lipinski definition) is 3. The molecule has 44 heavy (non-hydrogen) atoms. The molecule has 1 aliphatic heterocycles. The van der Waals surface area contributed by atoms with Crippen LogP contribution in [0.25, 0.3) is 0 Å². The Morgan fingerprint density at radius 1 is 0.955 bits per heavy atom. The van der Waals surface area contributed by atoms with Crippen LogP contribution in [-0.2, 0) is 45.0 Å². The minimum Gasteiger partial charge on any atom is -0.481 e. The number of likely N-dealkylation sites (tertiary alicyclic amines) is 1. The summed E-state index contributed by atoms with van der Waals surface area (Å²) in [6, 6.07) is 18.4. The number of carboxylic acid groups (broad SMARTS) is 2. The molecule has 0 saturated carbocycles. The summed E-state index contributed by atoms with van der Waals surface area (Å²) < 4.78 is 4.74. The Kier molecular flexibility index (Phi) is 11.2. The second-order valence-corrected chi connectivity index (χ2v) is 11.1. The number of carbonyl (C=O) groups is 5. The monoisotopic (exact) mass is 615 g/mol. The largest absolute Gasteiger partial charge is 0.481 e. The zero-order chi connectivity index (χ0) is 32.5. The summed E-state index contributed by atoms with van der Waals surface area (Å²) in [5.74, 6) is -6.07. The summed E-state index contributed by atoms with van der Waals surface area (Å²) in [7, 11) is 1.20. The highest BCUT2D eigenvalue weighted by Crippen LogP contribution is 2.37. The molecule has 1 saturated heterocycles. The fraction of sp³-hybridized carbons (Fsp3) is 0.452. The van der Waals surface area contributed by atoms with Crippen LogP contribution in [0, 0.1) is 0 Å². The maximum absolute atomic E-state index is 13.3. The third kappa shape index (κ3) is 8.18. The Hall–Kier alpha value is -4.33. The highest BCUT2D eigenvalue weighted by atomic mass is 16.7. The number of amides is 1. The van der Waals surface area contributed by atoms with Gasteiger partial charge in [-0.15, -0.1) is 4.65 Å². The second kappa shape index (κ2) is 14.4. The number of rotatable bonds is 14. The van der Waals surface area contributed by atoms with Crippen LogP contribution in [0.15, 0.2) is 60.7 Å². The second-order valence-electron chi connectivity index (χ2n) is 11.1. The number of esters is 1. The number of methoxy groups -OCH3 is 1. The van der Waals surface area contributed by atoms with Gasteiger partial charge in [-0.05, 0) is 11.1 Å². The molecule has 0 aliphatic carbocycles. The van der Waals surface area contributed by atoms with Crippen molar-refractivity contribution in [3.8, 4) is 0 Å². The van der Waals surface area contributed by atoms with E-state index in [9.17, 15) is 34.2 Å². The van der Waals surface area contributed by atoms with E-state index in [1.54, 1.807) is 12.1 Å². The van der Waals surface area contributed by atoms with Crippen LogP contribution in [0.4, 0.5) is 0 Å². The van der Waals surface area contributed by atoms with Gasteiger partial charge in [-0.25, -0.2) is 19.4 Å². The molecular formula is C31H39N2O11+. The predicted molar refractivity (Wildman–Crippen MR) is 153 cm³/mol. The molecule has 2 atom stereocenters. The molecule has 0 bridgehead atoms. The molecule has 2 aromatic rings. The number of carbonyl (C=O) groups excluding carboxylic acids is 3. The van der Waals surface area contributed by atoms with Crippen LogP contribution < -0.4 is 0 Å². The molecule has 1 heterocycles. The Morgan fingerprint density at radius 2 is 1.52 bits per heavy atom. The summed E-state index contributed by atoms with van der Waals surface area (Å²) in [4.78, 5) is 74.0. The van der Waals surface area contributed by atoms with Gasteiger partial charge < -0.3 is 20.1 Å². The minimum absolute atomic E-state index is 0.00343. The van der Waals surface area contributed by atoms with Crippen LogP contribution in [0.3, 0.4) is 0 Å². The molecule has 3 N–H and O–H groups in total. The van der Waals surface area contributed by atoms with Gasteiger partial charge in [-0.3, -0.25) is 19.3 Å². The Morgan fingerprint density at radius 3 is 2.02 bits per heavy atom. The van der Waals surface area contributed by atoms with E-state index in [2.05, 4.69) is 0 Å². The van der Waals surface area contributed by atoms with Crippen LogP contribution in [-0.4, -0.2) is 92.7 Å². The summed E-state index contributed by atoms with van der Waals surface area (Å²) in [5.41, 5.74) is -2.77. The quantitative estimate of drug-likeness (QED) is 0.162. The Labute approximate surface area is 255 Å². The van der Waals surface area contributed by atoms with Gasteiger partial charge in [0.25, 0.3) is 0 Å². The molecule has 0 aromatic heterocycles. The summed E-state index contributed by atoms with van der Waals surface area (Å²) in [6.07, 6.45) is -2.44. The lowest BCUT2D eigenvalue weighted by Crippen LogP contribution is -2.67. The molecule has 1 aliphatic rings. The summed E-state index contributed by atoms with van der Waals surface area (Å²) in [6.45, 7) is 3.34. The molecular weight excluding hydrogens is 576 g/mol. The van der Waals surface area contributed by atoms with Crippen molar-refractivity contribution in [1.82, 2.24) is 5.06 Å². The number of quaternary nitrogens is 1. The number of ether oxygens (including phenoxy) is 1. The highest BCUT2D eigenvalue weighted by Gasteiger charge is 2.56. The first kappa shape index (κ1) is 34.2. The summed E-state index contributed by atoms with van der Waals surface area (Å²) >= 11 is 0. The maximum atomic E-state index is 13.3. The minimum atomic E-state index is -2.89. The van der Waals surface area contributed by atoms with Crippen LogP contribution in [0.1, 0.15) is 56.6 Å². The van der Waals surface area contributed by atoms with Crippen molar-refractivity contribution in [1.29, 1.82) is 0 Å². The lowest BCUT2D eigenvalue weighted by atomic mass is 9.85. The normalized spacial score (nSPS) is 21.7. The maximum Gasteiger partial charge on any atom is 0.370 e. The van der Waals surface area contributed by atoms with Crippen molar-refractivity contribution >= 4 is 29.8 Å². The van der Waals surface area contributed by atoms with E-state index < -0.39 is 53.8 Å². The van der Waals surface area contributed by atoms with Crippen molar-refractivity contribution in [3.63, 3.8) is 0 Å². The average Bonchev–Trinajstić information content (AvgIpc) is 2.98. The molecule has 13 heteroatoms. The van der Waals surface area contributed by atoms with Gasteiger partial charge in [-0.1, -0.05) is 67.6 Å². The van der Waals surface area contributed by atoms with Gasteiger partial charge in [0, 0.05) is 25.7 Å². The molecule has 3 rings (SSSR count). The molecule has 2 aromatic carbocycles. The average molecular weight is 616 g/mol. The van der Waals surface area contributed by atoms with Crippen molar-refractivity contribution < 1.29 is 58.4 Å². The summed E-state index contributed by atoms with van der Waals surface area (Å²) in [5, 5.41) is 30.1. The first-order valence-electron chi connectivity index (χ1n) is 14.1. The lowest BCUT2D eigenvalue weighted by Gasteiger charge is -2.48. The van der Waals surface area contributed by atoms with Crippen molar-refractivity contribution in [3.05, 3.63) is 71.8 Å². The van der Waals surface area contributed by atoms with Gasteiger partial charge in [0.2, 0.25) is 5.91 Å². The molecule has 0 spiro atoms. The number of benzene rings is 2. The third-order valence-electron chi connectivity index (χ3n) is 7.86. The van der Waals surface area contributed by atoms with E-state index >= 15 is 0 Å². The number of aliphatic carboxylic acids is 2. The SMILES string of the molecule is COC(=O)C1(N(OCc2ccccc2)C(C)=O)CC[N+](CC(C)c2ccccc2)(OC(=O)CC(O)(CC(=O)O)C(=O)O)CC1. The van der Waals surface area contributed by atoms with Crippen LogP contribution >= 0.6 is 0 Å². The van der Waals surface area contributed by atoms with Crippen LogP contribution in [0.2, 0.25) is 0 Å². The number of carboxylic acids is 2. The third-order valence-corrected chi connectivity index (χ3v) is 7.86. The van der Waals surface area contributed by atoms with E-state index in [1.807, 2.05) is 55.5 Å². The smallest absolute Gasteiger partial charge is 0.370 e. The van der Waals surface area contributed by atoms with Gasteiger partial charge in [0.15, 0.2) is 11.1 Å². The predicted octanol–water partition coefficient (Wildman–Crippen LogP) is 2.43. The molecule has 2 unspecified atom stereocenters. The fourth-order valence-electron chi connectivity index (χ4n) is 5.57. The topological polar surface area (TPSA) is 177 Å². The standard InChI is InChI=1S/C31H38N2O11/c1-22(25-12-8-5-9-13-25)20-33(44-27(37)19-31(41,28(38)39)18-26(35)36)16-14-30(15-17-33,29(40)42-3)32(23(2)34)43-21-24-10-6-4-7-11-24/h4-13,22,41H,14-21H2,1-3H3,(H-,35,36,38,39)/p+1. The molecule has 13 nitrogen and oxygen atoms in total. The number of piperidine rings is 1. The van der Waals surface area contributed by atoms with Crippen molar-refractivity contribution in [2.75, 3.05) is 26.7 Å². The molecule has 0 radical (unpaired) electrons.